The molecule has 0 aliphatic heterocycles. The van der Waals surface area contributed by atoms with E-state index in [4.69, 9.17) is 4.42 Å². The van der Waals surface area contributed by atoms with E-state index in [0.29, 0.717) is 16.3 Å². The van der Waals surface area contributed by atoms with Crippen LogP contribution < -0.4 is 5.32 Å². The van der Waals surface area contributed by atoms with Crippen LogP contribution in [-0.4, -0.2) is 49.0 Å². The Morgan fingerprint density at radius 3 is 2.57 bits per heavy atom. The Labute approximate surface area is 170 Å². The molecule has 28 heavy (non-hydrogen) atoms. The molecule has 1 aliphatic carbocycles. The van der Waals surface area contributed by atoms with Crippen molar-refractivity contribution in [1.82, 2.24) is 14.6 Å². The number of nitrogens with zero attached hydrogens (tertiary/aromatic N) is 2. The van der Waals surface area contributed by atoms with Crippen molar-refractivity contribution in [3.8, 4) is 0 Å². The predicted octanol–water partition coefficient (Wildman–Crippen LogP) is 3.40. The minimum atomic E-state index is -3.53. The predicted molar refractivity (Wildman–Crippen MR) is 110 cm³/mol. The molecule has 1 aromatic heterocycles. The van der Waals surface area contributed by atoms with E-state index >= 15 is 0 Å². The lowest BCUT2D eigenvalue weighted by molar-refractivity contribution is -0.121. The van der Waals surface area contributed by atoms with E-state index in [9.17, 15) is 13.2 Å². The molecular weight excluding hydrogens is 398 g/mol. The highest BCUT2D eigenvalue weighted by molar-refractivity contribution is 8.00. The Kier molecular flexibility index (Phi) is 6.67. The molecule has 1 aromatic carbocycles. The van der Waals surface area contributed by atoms with Gasteiger partial charge in [-0.2, -0.15) is 0 Å². The van der Waals surface area contributed by atoms with Gasteiger partial charge in [0.15, 0.2) is 5.58 Å². The first-order valence-electron chi connectivity index (χ1n) is 9.57. The van der Waals surface area contributed by atoms with Crippen LogP contribution in [0.2, 0.25) is 0 Å². The number of benzene rings is 1. The van der Waals surface area contributed by atoms with Crippen LogP contribution in [0, 0.1) is 0 Å². The zero-order chi connectivity index (χ0) is 20.3. The van der Waals surface area contributed by atoms with Crippen LogP contribution in [0.15, 0.2) is 32.7 Å². The van der Waals surface area contributed by atoms with Crippen molar-refractivity contribution in [2.75, 3.05) is 14.1 Å². The fourth-order valence-corrected chi connectivity index (χ4v) is 4.94. The summed E-state index contributed by atoms with van der Waals surface area (Å²) >= 11 is 1.24. The quantitative estimate of drug-likeness (QED) is 0.563. The van der Waals surface area contributed by atoms with Gasteiger partial charge in [0.2, 0.25) is 15.9 Å². The second-order valence-electron chi connectivity index (χ2n) is 7.35. The fraction of sp³-hybridized carbons (Fsp3) is 0.579. The number of oxazole rings is 1. The molecule has 7 nitrogen and oxygen atoms in total. The highest BCUT2D eigenvalue weighted by Gasteiger charge is 2.23. The fourth-order valence-electron chi connectivity index (χ4n) is 3.25. The summed E-state index contributed by atoms with van der Waals surface area (Å²) in [6.07, 6.45) is 6.88. The largest absolute Gasteiger partial charge is 0.431 e. The lowest BCUT2D eigenvalue weighted by Gasteiger charge is -2.18. The number of nitrogens with one attached hydrogen (secondary N) is 1. The van der Waals surface area contributed by atoms with E-state index in [0.717, 1.165) is 30.0 Å². The van der Waals surface area contributed by atoms with E-state index in [1.807, 2.05) is 6.92 Å². The third-order valence-corrected chi connectivity index (χ3v) is 7.72. The molecule has 1 amide bonds. The van der Waals surface area contributed by atoms with Gasteiger partial charge in [0.25, 0.3) is 5.22 Å². The summed E-state index contributed by atoms with van der Waals surface area (Å²) in [6, 6.07) is 4.84. The summed E-state index contributed by atoms with van der Waals surface area (Å²) in [5.74, 6) is -0.0185. The number of carbonyl (C=O) groups is 1. The molecule has 0 spiro atoms. The Bertz CT molecular complexity index is 932. The molecule has 9 heteroatoms. The van der Waals surface area contributed by atoms with Crippen LogP contribution in [0.4, 0.5) is 0 Å². The molecular formula is C19H27N3O4S2. The lowest BCUT2D eigenvalue weighted by Crippen LogP contribution is -2.39. The number of hydrogen-bond donors (Lipinski definition) is 1. The molecule has 1 fully saturated rings. The molecule has 0 saturated heterocycles. The molecule has 0 bridgehead atoms. The van der Waals surface area contributed by atoms with Gasteiger partial charge in [-0.15, -0.1) is 0 Å². The average molecular weight is 426 g/mol. The maximum Gasteiger partial charge on any atom is 0.257 e. The monoisotopic (exact) mass is 425 g/mol. The highest BCUT2D eigenvalue weighted by Crippen LogP contribution is 2.29. The average Bonchev–Trinajstić information content (AvgIpc) is 2.86. The van der Waals surface area contributed by atoms with Gasteiger partial charge in [-0.1, -0.05) is 37.4 Å². The normalized spacial score (nSPS) is 17.6. The molecule has 154 valence electrons. The Morgan fingerprint density at radius 1 is 1.25 bits per heavy atom. The number of carbonyl (C=O) groups excluding carboxylic acids is 1. The van der Waals surface area contributed by atoms with Crippen molar-refractivity contribution in [2.45, 2.75) is 66.9 Å². The van der Waals surface area contributed by atoms with Gasteiger partial charge in [0.1, 0.15) is 5.52 Å². The van der Waals surface area contributed by atoms with Gasteiger partial charge in [-0.25, -0.2) is 17.7 Å². The highest BCUT2D eigenvalue weighted by atomic mass is 32.2. The van der Waals surface area contributed by atoms with Gasteiger partial charge >= 0.3 is 0 Å². The molecule has 1 saturated carbocycles. The first-order chi connectivity index (χ1) is 13.3. The van der Waals surface area contributed by atoms with Crippen LogP contribution >= 0.6 is 11.8 Å². The number of sulfonamides is 1. The second-order valence-corrected chi connectivity index (χ2v) is 10.8. The summed E-state index contributed by atoms with van der Waals surface area (Å²) in [4.78, 5) is 17.0. The van der Waals surface area contributed by atoms with Gasteiger partial charge in [-0.05, 0) is 38.0 Å². The summed E-state index contributed by atoms with van der Waals surface area (Å²) in [7, 11) is -0.566. The van der Waals surface area contributed by atoms with Crippen LogP contribution in [-0.2, 0) is 14.8 Å². The van der Waals surface area contributed by atoms with E-state index in [-0.39, 0.29) is 22.1 Å². The third kappa shape index (κ3) is 4.87. The zero-order valence-corrected chi connectivity index (χ0v) is 18.1. The molecule has 1 heterocycles. The van der Waals surface area contributed by atoms with Crippen molar-refractivity contribution < 1.29 is 17.6 Å². The van der Waals surface area contributed by atoms with E-state index in [2.05, 4.69) is 10.3 Å². The van der Waals surface area contributed by atoms with Gasteiger partial charge in [0.05, 0.1) is 10.1 Å². The number of hydrogen-bond acceptors (Lipinski definition) is 6. The SMILES string of the molecule is C[C@H](Sc1nc2cc(S(=O)(=O)N(C)C)ccc2o1)C(=O)NC1CCCCCC1. The molecule has 1 N–H and O–H groups in total. The lowest BCUT2D eigenvalue weighted by atomic mass is 10.1. The maximum absolute atomic E-state index is 12.5. The number of thioether (sulfide) groups is 1. The van der Waals surface area contributed by atoms with Crippen LogP contribution in [0.1, 0.15) is 45.4 Å². The zero-order valence-electron chi connectivity index (χ0n) is 16.5. The number of aromatic nitrogens is 1. The summed E-state index contributed by atoms with van der Waals surface area (Å²) in [5.41, 5.74) is 0.957. The van der Waals surface area contributed by atoms with E-state index < -0.39 is 10.0 Å². The smallest absolute Gasteiger partial charge is 0.257 e. The summed E-state index contributed by atoms with van der Waals surface area (Å²) in [6.45, 7) is 1.83. The van der Waals surface area contributed by atoms with Crippen molar-refractivity contribution in [1.29, 1.82) is 0 Å². The molecule has 1 atom stereocenters. The van der Waals surface area contributed by atoms with Crippen molar-refractivity contribution in [2.24, 2.45) is 0 Å². The van der Waals surface area contributed by atoms with Crippen molar-refractivity contribution in [3.63, 3.8) is 0 Å². The van der Waals surface area contributed by atoms with Crippen LogP contribution in [0.5, 0.6) is 0 Å². The number of fused-ring (bicyclic) bond motifs is 1. The maximum atomic E-state index is 12.5. The van der Waals surface area contributed by atoms with Crippen molar-refractivity contribution >= 4 is 38.8 Å². The minimum Gasteiger partial charge on any atom is -0.431 e. The van der Waals surface area contributed by atoms with Crippen molar-refractivity contribution in [3.05, 3.63) is 18.2 Å². The number of rotatable bonds is 6. The van der Waals surface area contributed by atoms with E-state index in [1.54, 1.807) is 6.07 Å². The Hall–Kier alpha value is -1.58. The molecule has 1 aliphatic rings. The summed E-state index contributed by atoms with van der Waals surface area (Å²) in [5, 5.41) is 3.15. The van der Waals surface area contributed by atoms with Crippen LogP contribution in [0.25, 0.3) is 11.1 Å². The first kappa shape index (κ1) is 21.1. The Morgan fingerprint density at radius 2 is 1.93 bits per heavy atom. The summed E-state index contributed by atoms with van der Waals surface area (Å²) < 4.78 is 31.4. The van der Waals surface area contributed by atoms with E-state index in [1.165, 1.54) is 50.8 Å². The van der Waals surface area contributed by atoms with Gasteiger partial charge < -0.3 is 9.73 Å². The van der Waals surface area contributed by atoms with Crippen LogP contribution in [0.3, 0.4) is 0 Å². The van der Waals surface area contributed by atoms with Gasteiger partial charge in [-0.3, -0.25) is 4.79 Å². The molecule has 0 unspecified atom stereocenters. The minimum absolute atomic E-state index is 0.0185. The standard InChI is InChI=1S/C19H27N3O4S2/c1-13(18(23)20-14-8-6-4-5-7-9-14)27-19-21-16-12-15(10-11-17(16)26-19)28(24,25)22(2)3/h10-14H,4-9H2,1-3H3,(H,20,23)/t13-/m0/s1. The molecule has 2 aromatic rings. The molecule has 3 rings (SSSR count). The topological polar surface area (TPSA) is 92.5 Å². The number of amides is 1. The molecule has 0 radical (unpaired) electrons. The van der Waals surface area contributed by atoms with Gasteiger partial charge in [0, 0.05) is 20.1 Å². The Balaban J connectivity index is 1.69. The third-order valence-electron chi connectivity index (χ3n) is 4.97. The first-order valence-corrected chi connectivity index (χ1v) is 11.9. The second kappa shape index (κ2) is 8.84.